The summed E-state index contributed by atoms with van der Waals surface area (Å²) in [5.41, 5.74) is 0. The van der Waals surface area contributed by atoms with E-state index in [2.05, 4.69) is 6.92 Å². The molecule has 0 atom stereocenters. The number of hydrogen-bond donors (Lipinski definition) is 0. The van der Waals surface area contributed by atoms with Gasteiger partial charge in [-0.25, -0.2) is 13.2 Å². The molecule has 3 amide bonds. The van der Waals surface area contributed by atoms with Crippen LogP contribution in [0.2, 0.25) is 5.02 Å². The Morgan fingerprint density at radius 3 is 2.07 bits per heavy atom. The number of nitrogens with zero attached hydrogens (tertiary/aromatic N) is 2. The molecule has 0 heterocycles. The van der Waals surface area contributed by atoms with Gasteiger partial charge in [-0.3, -0.25) is 4.79 Å². The van der Waals surface area contributed by atoms with Crippen molar-refractivity contribution in [1.82, 2.24) is 9.21 Å². The zero-order valence-corrected chi connectivity index (χ0v) is 18.6. The van der Waals surface area contributed by atoms with E-state index in [1.807, 2.05) is 6.92 Å². The molecule has 0 aliphatic carbocycles. The van der Waals surface area contributed by atoms with E-state index in [0.29, 0.717) is 28.7 Å². The van der Waals surface area contributed by atoms with Gasteiger partial charge >= 0.3 is 6.03 Å². The molecule has 0 spiro atoms. The average Bonchev–Trinajstić information content (AvgIpc) is 2.65. The minimum Gasteiger partial charge on any atom is -0.326 e. The largest absolute Gasteiger partial charge is 0.340 e. The third kappa shape index (κ3) is 7.09. The third-order valence-electron chi connectivity index (χ3n) is 4.38. The Kier molecular flexibility index (Phi) is 10.5. The van der Waals surface area contributed by atoms with Crippen LogP contribution < -0.4 is 0 Å². The van der Waals surface area contributed by atoms with Gasteiger partial charge in [-0.1, -0.05) is 57.6 Å². The van der Waals surface area contributed by atoms with Gasteiger partial charge in [0, 0.05) is 25.0 Å². The van der Waals surface area contributed by atoms with E-state index in [1.165, 1.54) is 36.2 Å². The molecule has 1 aromatic rings. The average molecular weight is 431 g/mol. The van der Waals surface area contributed by atoms with E-state index < -0.39 is 22.0 Å². The first-order valence-electron chi connectivity index (χ1n) is 9.84. The Morgan fingerprint density at radius 2 is 1.50 bits per heavy atom. The fraction of sp³-hybridized carbons (Fsp3) is 0.600. The lowest BCUT2D eigenvalue weighted by molar-refractivity contribution is -0.125. The number of benzene rings is 1. The van der Waals surface area contributed by atoms with Crippen molar-refractivity contribution in [3.8, 4) is 0 Å². The monoisotopic (exact) mass is 430 g/mol. The predicted molar refractivity (Wildman–Crippen MR) is 112 cm³/mol. The number of carbonyl (C=O) groups excluding carboxylic acids is 2. The van der Waals surface area contributed by atoms with E-state index in [-0.39, 0.29) is 11.3 Å². The first-order valence-corrected chi connectivity index (χ1v) is 11.7. The first kappa shape index (κ1) is 24.4. The number of imide groups is 1. The summed E-state index contributed by atoms with van der Waals surface area (Å²) < 4.78 is 26.5. The highest BCUT2D eigenvalue weighted by Crippen LogP contribution is 2.21. The van der Waals surface area contributed by atoms with Gasteiger partial charge in [-0.15, -0.1) is 0 Å². The second-order valence-electron chi connectivity index (χ2n) is 6.84. The zero-order valence-electron chi connectivity index (χ0n) is 17.0. The van der Waals surface area contributed by atoms with Gasteiger partial charge in [0.05, 0.1) is 4.90 Å². The molecule has 8 heteroatoms. The summed E-state index contributed by atoms with van der Waals surface area (Å²) >= 11 is 5.83. The highest BCUT2D eigenvalue weighted by Gasteiger charge is 2.36. The first-order chi connectivity index (χ1) is 13.3. The Balaban J connectivity index is 3.00. The molecule has 0 saturated heterocycles. The molecule has 0 unspecified atom stereocenters. The number of urea groups is 1. The van der Waals surface area contributed by atoms with Crippen LogP contribution in [-0.2, 0) is 14.8 Å². The van der Waals surface area contributed by atoms with Crippen LogP contribution in [-0.4, -0.2) is 43.2 Å². The van der Waals surface area contributed by atoms with Crippen LogP contribution in [0.1, 0.15) is 65.2 Å². The number of halogens is 1. The van der Waals surface area contributed by atoms with Crippen molar-refractivity contribution in [2.75, 3.05) is 13.6 Å². The van der Waals surface area contributed by atoms with Crippen LogP contribution in [0, 0.1) is 0 Å². The number of amides is 3. The van der Waals surface area contributed by atoms with Gasteiger partial charge in [-0.05, 0) is 37.1 Å². The molecule has 1 aromatic carbocycles. The second-order valence-corrected chi connectivity index (χ2v) is 9.06. The molecule has 0 bridgehead atoms. The summed E-state index contributed by atoms with van der Waals surface area (Å²) in [6.07, 6.45) is 6.42. The summed E-state index contributed by atoms with van der Waals surface area (Å²) in [7, 11) is -2.80. The lowest BCUT2D eigenvalue weighted by Crippen LogP contribution is -2.48. The minimum absolute atomic E-state index is 0.0185. The molecule has 158 valence electrons. The van der Waals surface area contributed by atoms with Crippen LogP contribution in [0.5, 0.6) is 0 Å². The predicted octanol–water partition coefficient (Wildman–Crippen LogP) is 5.07. The van der Waals surface area contributed by atoms with Crippen molar-refractivity contribution >= 4 is 33.6 Å². The maximum absolute atomic E-state index is 13.0. The Bertz CT molecular complexity index is 735. The normalized spacial score (nSPS) is 11.3. The summed E-state index contributed by atoms with van der Waals surface area (Å²) in [5, 5.41) is 0.373. The van der Waals surface area contributed by atoms with E-state index in [9.17, 15) is 18.0 Å². The number of unbranched alkanes of at least 4 members (excludes halogenated alkanes) is 5. The Hall–Kier alpha value is -1.60. The standard InChI is InChI=1S/C20H31ClN2O4S/c1-4-6-7-8-9-10-11-19(24)23(20(25)22(3)16-5-2)28(26,27)18-14-12-17(21)13-15-18/h12-15H,4-11,16H2,1-3H3. The quantitative estimate of drug-likeness (QED) is 0.459. The fourth-order valence-electron chi connectivity index (χ4n) is 2.80. The molecule has 0 aliphatic heterocycles. The second kappa shape index (κ2) is 12.1. The van der Waals surface area contributed by atoms with Gasteiger partial charge in [0.25, 0.3) is 10.0 Å². The summed E-state index contributed by atoms with van der Waals surface area (Å²) in [6.45, 7) is 4.36. The van der Waals surface area contributed by atoms with Gasteiger partial charge in [0.2, 0.25) is 5.91 Å². The van der Waals surface area contributed by atoms with Gasteiger partial charge < -0.3 is 4.90 Å². The minimum atomic E-state index is -4.30. The summed E-state index contributed by atoms with van der Waals surface area (Å²) in [4.78, 5) is 26.6. The van der Waals surface area contributed by atoms with Crippen LogP contribution >= 0.6 is 11.6 Å². The van der Waals surface area contributed by atoms with Crippen molar-refractivity contribution in [2.24, 2.45) is 0 Å². The third-order valence-corrected chi connectivity index (χ3v) is 6.34. The molecule has 1 rings (SSSR count). The summed E-state index contributed by atoms with van der Waals surface area (Å²) in [5.74, 6) is -0.696. The number of hydrogen-bond acceptors (Lipinski definition) is 4. The number of sulfonamides is 1. The van der Waals surface area contributed by atoms with Gasteiger partial charge in [-0.2, -0.15) is 4.31 Å². The van der Waals surface area contributed by atoms with E-state index in [4.69, 9.17) is 11.6 Å². The van der Waals surface area contributed by atoms with Crippen molar-refractivity contribution in [2.45, 2.75) is 70.1 Å². The molecule has 0 fully saturated rings. The smallest absolute Gasteiger partial charge is 0.326 e. The fourth-order valence-corrected chi connectivity index (χ4v) is 4.32. The van der Waals surface area contributed by atoms with E-state index in [1.54, 1.807) is 0 Å². The Labute approximate surface area is 173 Å². The molecule has 0 aromatic heterocycles. The topological polar surface area (TPSA) is 74.8 Å². The zero-order chi connectivity index (χ0) is 21.2. The molecule has 0 N–H and O–H groups in total. The molecule has 28 heavy (non-hydrogen) atoms. The van der Waals surface area contributed by atoms with Crippen LogP contribution in [0.4, 0.5) is 4.79 Å². The maximum Gasteiger partial charge on any atom is 0.340 e. The molecular weight excluding hydrogens is 400 g/mol. The highest BCUT2D eigenvalue weighted by atomic mass is 35.5. The Morgan fingerprint density at radius 1 is 0.929 bits per heavy atom. The van der Waals surface area contributed by atoms with E-state index >= 15 is 0 Å². The van der Waals surface area contributed by atoms with Crippen molar-refractivity contribution < 1.29 is 18.0 Å². The van der Waals surface area contributed by atoms with Gasteiger partial charge in [0.15, 0.2) is 0 Å². The SMILES string of the molecule is CCCCCCCCC(=O)N(C(=O)N(C)CCC)S(=O)(=O)c1ccc(Cl)cc1. The van der Waals surface area contributed by atoms with Gasteiger partial charge in [0.1, 0.15) is 0 Å². The lowest BCUT2D eigenvalue weighted by Gasteiger charge is -2.26. The molecule has 0 saturated carbocycles. The summed E-state index contributed by atoms with van der Waals surface area (Å²) in [6, 6.07) is 4.62. The van der Waals surface area contributed by atoms with Crippen molar-refractivity contribution in [3.63, 3.8) is 0 Å². The van der Waals surface area contributed by atoms with Crippen LogP contribution in [0.3, 0.4) is 0 Å². The van der Waals surface area contributed by atoms with Crippen LogP contribution in [0.15, 0.2) is 29.2 Å². The molecular formula is C20H31ClN2O4S. The van der Waals surface area contributed by atoms with Crippen molar-refractivity contribution in [1.29, 1.82) is 0 Å². The number of carbonyl (C=O) groups is 2. The molecule has 6 nitrogen and oxygen atoms in total. The lowest BCUT2D eigenvalue weighted by atomic mass is 10.1. The van der Waals surface area contributed by atoms with Crippen LogP contribution in [0.25, 0.3) is 0 Å². The van der Waals surface area contributed by atoms with E-state index in [0.717, 1.165) is 32.1 Å². The number of rotatable bonds is 11. The molecule has 0 aliphatic rings. The molecule has 0 radical (unpaired) electrons. The highest BCUT2D eigenvalue weighted by molar-refractivity contribution is 7.90. The maximum atomic E-state index is 13.0. The van der Waals surface area contributed by atoms with Crippen molar-refractivity contribution in [3.05, 3.63) is 29.3 Å².